The highest BCUT2D eigenvalue weighted by Crippen LogP contribution is 2.37. The lowest BCUT2D eigenvalue weighted by Gasteiger charge is -1.98. The van der Waals surface area contributed by atoms with E-state index < -0.39 is 0 Å². The van der Waals surface area contributed by atoms with Crippen LogP contribution in [0.2, 0.25) is 0 Å². The minimum atomic E-state index is 0.169. The summed E-state index contributed by atoms with van der Waals surface area (Å²) >= 11 is 0. The Morgan fingerprint density at radius 2 is 2.67 bits per heavy atom. The Morgan fingerprint density at radius 1 is 1.89 bits per heavy atom. The second kappa shape index (κ2) is 1.38. The zero-order valence-corrected chi connectivity index (χ0v) is 5.35. The predicted molar refractivity (Wildman–Crippen MR) is 33.8 cm³/mol. The van der Waals surface area contributed by atoms with Gasteiger partial charge in [-0.15, -0.1) is 0 Å². The molecular formula is C7H9NO. The number of Topliss-reactive ketones (excluding diaryl/α,β-unsaturated/α-hetero) is 1. The third-order valence-corrected chi connectivity index (χ3v) is 1.94. The first kappa shape index (κ1) is 5.03. The molecule has 0 aromatic heterocycles. The van der Waals surface area contributed by atoms with Gasteiger partial charge in [0, 0.05) is 18.9 Å². The van der Waals surface area contributed by atoms with Gasteiger partial charge < -0.3 is 5.32 Å². The van der Waals surface area contributed by atoms with E-state index in [0.29, 0.717) is 12.0 Å². The van der Waals surface area contributed by atoms with E-state index in [0.717, 1.165) is 5.70 Å². The molecule has 48 valence electrons. The molecule has 0 aromatic rings. The quantitative estimate of drug-likeness (QED) is 0.548. The third kappa shape index (κ3) is 0.661. The summed E-state index contributed by atoms with van der Waals surface area (Å²) in [4.78, 5) is 10.7. The summed E-state index contributed by atoms with van der Waals surface area (Å²) in [5.74, 6) is 0.853. The summed E-state index contributed by atoms with van der Waals surface area (Å²) in [5, 5.41) is 3.14. The van der Waals surface area contributed by atoms with Gasteiger partial charge in [-0.1, -0.05) is 6.08 Å². The molecule has 0 bridgehead atoms. The van der Waals surface area contributed by atoms with E-state index in [1.54, 1.807) is 6.92 Å². The van der Waals surface area contributed by atoms with Crippen LogP contribution in [0.3, 0.4) is 0 Å². The first-order valence-corrected chi connectivity index (χ1v) is 3.26. The van der Waals surface area contributed by atoms with E-state index >= 15 is 0 Å². The smallest absolute Gasteiger partial charge is 0.175 e. The number of rotatable bonds is 1. The summed E-state index contributed by atoms with van der Waals surface area (Å²) in [7, 11) is 0. The maximum absolute atomic E-state index is 10.7. The van der Waals surface area contributed by atoms with Gasteiger partial charge in [-0.2, -0.15) is 0 Å². The molecular weight excluding hydrogens is 114 g/mol. The summed E-state index contributed by atoms with van der Waals surface area (Å²) in [6, 6.07) is 0.615. The van der Waals surface area contributed by atoms with Crippen molar-refractivity contribution in [3.8, 4) is 0 Å². The molecule has 1 heterocycles. The van der Waals surface area contributed by atoms with Crippen molar-refractivity contribution in [2.24, 2.45) is 5.92 Å². The zero-order valence-electron chi connectivity index (χ0n) is 5.35. The fraction of sp³-hybridized carbons (Fsp3) is 0.571. The van der Waals surface area contributed by atoms with Gasteiger partial charge in [0.1, 0.15) is 0 Å². The molecule has 1 N–H and O–H groups in total. The third-order valence-electron chi connectivity index (χ3n) is 1.94. The van der Waals surface area contributed by atoms with Crippen LogP contribution in [0.1, 0.15) is 13.3 Å². The van der Waals surface area contributed by atoms with Crippen molar-refractivity contribution < 1.29 is 4.79 Å². The molecule has 0 amide bonds. The topological polar surface area (TPSA) is 29.1 Å². The molecule has 0 spiro atoms. The lowest BCUT2D eigenvalue weighted by molar-refractivity contribution is -0.113. The summed E-state index contributed by atoms with van der Waals surface area (Å²) < 4.78 is 0. The minimum Gasteiger partial charge on any atom is -0.379 e. The van der Waals surface area contributed by atoms with Gasteiger partial charge in [-0.05, 0) is 6.42 Å². The average Bonchev–Trinajstić information content (AvgIpc) is 2.40. The summed E-state index contributed by atoms with van der Waals surface area (Å²) in [6.07, 6.45) is 3.28. The van der Waals surface area contributed by atoms with Crippen molar-refractivity contribution in [1.82, 2.24) is 5.32 Å². The predicted octanol–water partition coefficient (Wildman–Crippen LogP) is 0.451. The SMILES string of the molecule is CC(=O)C1=C[C@@H]2CC2N1. The maximum Gasteiger partial charge on any atom is 0.175 e. The lowest BCUT2D eigenvalue weighted by Crippen LogP contribution is -2.16. The summed E-state index contributed by atoms with van der Waals surface area (Å²) in [5.41, 5.74) is 0.830. The fourth-order valence-corrected chi connectivity index (χ4v) is 1.25. The van der Waals surface area contributed by atoms with Gasteiger partial charge in [-0.25, -0.2) is 0 Å². The molecule has 2 rings (SSSR count). The van der Waals surface area contributed by atoms with Crippen LogP contribution in [-0.2, 0) is 4.79 Å². The van der Waals surface area contributed by atoms with Crippen molar-refractivity contribution in [2.75, 3.05) is 0 Å². The van der Waals surface area contributed by atoms with Crippen molar-refractivity contribution >= 4 is 5.78 Å². The number of hydrogen-bond donors (Lipinski definition) is 1. The first-order chi connectivity index (χ1) is 4.27. The maximum atomic E-state index is 10.7. The van der Waals surface area contributed by atoms with E-state index in [9.17, 15) is 4.79 Å². The van der Waals surface area contributed by atoms with E-state index in [1.807, 2.05) is 6.08 Å². The van der Waals surface area contributed by atoms with Crippen molar-refractivity contribution in [3.63, 3.8) is 0 Å². The van der Waals surface area contributed by atoms with Crippen LogP contribution in [0.25, 0.3) is 0 Å². The largest absolute Gasteiger partial charge is 0.379 e. The van der Waals surface area contributed by atoms with Gasteiger partial charge in [0.25, 0.3) is 0 Å². The Labute approximate surface area is 53.9 Å². The van der Waals surface area contributed by atoms with Crippen molar-refractivity contribution in [3.05, 3.63) is 11.8 Å². The molecule has 0 aromatic carbocycles. The number of fused-ring (bicyclic) bond motifs is 1. The molecule has 2 aliphatic rings. The highest BCUT2D eigenvalue weighted by atomic mass is 16.1. The Kier molecular flexibility index (Phi) is 0.770. The Balaban J connectivity index is 2.15. The second-order valence-corrected chi connectivity index (χ2v) is 2.79. The zero-order chi connectivity index (χ0) is 6.43. The van der Waals surface area contributed by atoms with Crippen LogP contribution in [0.15, 0.2) is 11.8 Å². The average molecular weight is 123 g/mol. The standard InChI is InChI=1S/C7H9NO/c1-4(9)6-2-5-3-7(5)8-6/h2,5,7-8H,3H2,1H3/t5-,7?/m1/s1. The molecule has 0 saturated heterocycles. The van der Waals surface area contributed by atoms with Crippen molar-refractivity contribution in [2.45, 2.75) is 19.4 Å². The van der Waals surface area contributed by atoms with E-state index in [4.69, 9.17) is 0 Å². The molecule has 1 unspecified atom stereocenters. The molecule has 9 heavy (non-hydrogen) atoms. The molecule has 0 radical (unpaired) electrons. The fourth-order valence-electron chi connectivity index (χ4n) is 1.25. The molecule has 2 heteroatoms. The molecule has 1 aliphatic carbocycles. The van der Waals surface area contributed by atoms with Crippen molar-refractivity contribution in [1.29, 1.82) is 0 Å². The number of carbonyl (C=O) groups excluding carboxylic acids is 1. The van der Waals surface area contributed by atoms with E-state index in [1.165, 1.54) is 6.42 Å². The van der Waals surface area contributed by atoms with Gasteiger partial charge in [-0.3, -0.25) is 4.79 Å². The molecule has 1 aliphatic heterocycles. The second-order valence-electron chi connectivity index (χ2n) is 2.79. The highest BCUT2D eigenvalue weighted by molar-refractivity contribution is 5.93. The van der Waals surface area contributed by atoms with Crippen LogP contribution in [0.5, 0.6) is 0 Å². The highest BCUT2D eigenvalue weighted by Gasteiger charge is 2.41. The Bertz CT molecular complexity index is 195. The minimum absolute atomic E-state index is 0.169. The van der Waals surface area contributed by atoms with Gasteiger partial charge in [0.05, 0.1) is 5.70 Å². The number of nitrogens with one attached hydrogen (secondary N) is 1. The molecule has 1 saturated carbocycles. The number of hydrogen-bond acceptors (Lipinski definition) is 2. The van der Waals surface area contributed by atoms with E-state index in [-0.39, 0.29) is 5.78 Å². The van der Waals surface area contributed by atoms with Crippen LogP contribution in [0, 0.1) is 5.92 Å². The lowest BCUT2D eigenvalue weighted by atomic mass is 10.3. The molecule has 1 fully saturated rings. The Hall–Kier alpha value is -0.790. The van der Waals surface area contributed by atoms with Crippen LogP contribution < -0.4 is 5.32 Å². The van der Waals surface area contributed by atoms with Gasteiger partial charge >= 0.3 is 0 Å². The van der Waals surface area contributed by atoms with Crippen LogP contribution in [0.4, 0.5) is 0 Å². The number of ketones is 1. The van der Waals surface area contributed by atoms with E-state index in [2.05, 4.69) is 5.32 Å². The Morgan fingerprint density at radius 3 is 3.00 bits per heavy atom. The van der Waals surface area contributed by atoms with Crippen LogP contribution >= 0.6 is 0 Å². The first-order valence-electron chi connectivity index (χ1n) is 3.26. The summed E-state index contributed by atoms with van der Waals surface area (Å²) in [6.45, 7) is 1.60. The molecule has 2 nitrogen and oxygen atoms in total. The van der Waals surface area contributed by atoms with Crippen LogP contribution in [-0.4, -0.2) is 11.8 Å². The monoisotopic (exact) mass is 123 g/mol. The van der Waals surface area contributed by atoms with Gasteiger partial charge in [0.15, 0.2) is 5.78 Å². The molecule has 2 atom stereocenters. The number of allylic oxidation sites excluding steroid dienone is 1. The number of carbonyl (C=O) groups is 1. The normalized spacial score (nSPS) is 36.8. The van der Waals surface area contributed by atoms with Gasteiger partial charge in [0.2, 0.25) is 0 Å².